The van der Waals surface area contributed by atoms with Crippen molar-refractivity contribution in [2.75, 3.05) is 42.7 Å². The molecule has 0 atom stereocenters. The average molecular weight is 537 g/mol. The first-order chi connectivity index (χ1) is 19.5. The predicted molar refractivity (Wildman–Crippen MR) is 159 cm³/mol. The van der Waals surface area contributed by atoms with Crippen LogP contribution in [0.15, 0.2) is 54.6 Å². The Balaban J connectivity index is 2.07. The molecule has 0 N–H and O–H groups in total. The van der Waals surface area contributed by atoms with Gasteiger partial charge in [0, 0.05) is 43.1 Å². The fourth-order valence-electron chi connectivity index (χ4n) is 5.98. The fourth-order valence-corrected chi connectivity index (χ4v) is 5.98. The Morgan fingerprint density at radius 3 is 1.48 bits per heavy atom. The van der Waals surface area contributed by atoms with Crippen LogP contribution in [0, 0.1) is 0 Å². The number of rotatable bonds is 7. The second-order valence-corrected chi connectivity index (χ2v) is 9.37. The van der Waals surface area contributed by atoms with E-state index in [1.165, 1.54) is 0 Å². The van der Waals surface area contributed by atoms with Gasteiger partial charge in [0.1, 0.15) is 34.5 Å². The van der Waals surface area contributed by atoms with Crippen molar-refractivity contribution in [2.45, 2.75) is 0 Å². The van der Waals surface area contributed by atoms with Crippen LogP contribution >= 0.6 is 0 Å². The highest BCUT2D eigenvalue weighted by atomic mass is 16.5. The van der Waals surface area contributed by atoms with Crippen LogP contribution in [0.2, 0.25) is 0 Å². The van der Waals surface area contributed by atoms with Gasteiger partial charge in [-0.05, 0) is 53.2 Å². The van der Waals surface area contributed by atoms with Crippen LogP contribution < -0.4 is 28.4 Å². The molecular weight excluding hydrogens is 508 g/mol. The van der Waals surface area contributed by atoms with Crippen LogP contribution in [-0.4, -0.2) is 48.9 Å². The van der Waals surface area contributed by atoms with Gasteiger partial charge in [0.2, 0.25) is 0 Å². The minimum Gasteiger partial charge on any atom is -0.496 e. The summed E-state index contributed by atoms with van der Waals surface area (Å²) in [6, 6.07) is 17.6. The van der Waals surface area contributed by atoms with Gasteiger partial charge < -0.3 is 28.4 Å². The highest BCUT2D eigenvalue weighted by Crippen LogP contribution is 2.51. The minimum atomic E-state index is 0.386. The number of methoxy groups -OCH3 is 6. The molecule has 0 aliphatic rings. The van der Waals surface area contributed by atoms with Crippen molar-refractivity contribution in [1.82, 2.24) is 0 Å². The number of carbonyl (C=O) groups excluding carboxylic acids is 1. The van der Waals surface area contributed by atoms with E-state index in [0.29, 0.717) is 40.1 Å². The number of benzene rings is 6. The minimum absolute atomic E-state index is 0.386. The largest absolute Gasteiger partial charge is 0.496 e. The zero-order valence-electron chi connectivity index (χ0n) is 23.1. The summed E-state index contributed by atoms with van der Waals surface area (Å²) in [7, 11) is 9.75. The van der Waals surface area contributed by atoms with E-state index >= 15 is 0 Å². The highest BCUT2D eigenvalue weighted by molar-refractivity contribution is 6.35. The maximum absolute atomic E-state index is 12.2. The van der Waals surface area contributed by atoms with Crippen LogP contribution in [0.1, 0.15) is 10.4 Å². The van der Waals surface area contributed by atoms with Crippen LogP contribution in [-0.2, 0) is 0 Å². The molecule has 0 aliphatic heterocycles. The summed E-state index contributed by atoms with van der Waals surface area (Å²) in [6.45, 7) is 0. The molecule has 7 nitrogen and oxygen atoms in total. The third-order valence-corrected chi connectivity index (χ3v) is 7.68. The first-order valence-corrected chi connectivity index (χ1v) is 12.7. The van der Waals surface area contributed by atoms with Gasteiger partial charge in [-0.25, -0.2) is 0 Å². The molecule has 0 saturated heterocycles. The SMILES string of the molecule is COc1ccc(OC)c2c1cc(OC)c1ccc3ccc4c(OC)cc5c(OC)cc(C=O)c(OC)c5c4c3c12. The van der Waals surface area contributed by atoms with Gasteiger partial charge in [-0.15, -0.1) is 0 Å². The van der Waals surface area contributed by atoms with Crippen molar-refractivity contribution < 1.29 is 33.2 Å². The number of ether oxygens (including phenoxy) is 6. The van der Waals surface area contributed by atoms with Gasteiger partial charge in [0.15, 0.2) is 6.29 Å². The maximum atomic E-state index is 12.2. The standard InChI is InChI=1S/C33H28O7/c1-35-23-11-12-24(36-2)29-21(23)14-26(38-4)19-9-7-17-8-10-20-27(39-5)15-22-25(37-3)13-18(16-34)33(40-6)32(22)31(20)28(17)30(19)29/h7-16H,1-6H3. The van der Waals surface area contributed by atoms with Crippen molar-refractivity contribution in [2.24, 2.45) is 0 Å². The van der Waals surface area contributed by atoms with E-state index in [0.717, 1.165) is 60.1 Å². The molecular formula is C33H28O7. The molecule has 0 heterocycles. The van der Waals surface area contributed by atoms with Gasteiger partial charge >= 0.3 is 0 Å². The molecule has 6 rings (SSSR count). The summed E-state index contributed by atoms with van der Waals surface area (Å²) in [4.78, 5) is 12.2. The lowest BCUT2D eigenvalue weighted by Crippen LogP contribution is -1.98. The summed E-state index contributed by atoms with van der Waals surface area (Å²) in [5.74, 6) is 3.74. The summed E-state index contributed by atoms with van der Waals surface area (Å²) >= 11 is 0. The fraction of sp³-hybridized carbons (Fsp3) is 0.182. The van der Waals surface area contributed by atoms with E-state index < -0.39 is 0 Å². The van der Waals surface area contributed by atoms with Crippen LogP contribution in [0.3, 0.4) is 0 Å². The molecule has 0 unspecified atom stereocenters. The normalized spacial score (nSPS) is 11.3. The summed E-state index contributed by atoms with van der Waals surface area (Å²) in [5.41, 5.74) is 0.386. The lowest BCUT2D eigenvalue weighted by Gasteiger charge is -2.20. The third-order valence-electron chi connectivity index (χ3n) is 7.68. The van der Waals surface area contributed by atoms with E-state index in [4.69, 9.17) is 28.4 Å². The molecule has 0 spiro atoms. The molecule has 0 bridgehead atoms. The monoisotopic (exact) mass is 536 g/mol. The first kappa shape index (κ1) is 25.4. The molecule has 0 saturated carbocycles. The van der Waals surface area contributed by atoms with Crippen molar-refractivity contribution >= 4 is 60.1 Å². The first-order valence-electron chi connectivity index (χ1n) is 12.7. The number of aldehydes is 1. The van der Waals surface area contributed by atoms with E-state index in [2.05, 4.69) is 18.2 Å². The Hall–Kier alpha value is -4.91. The van der Waals surface area contributed by atoms with Crippen LogP contribution in [0.4, 0.5) is 0 Å². The molecule has 6 aromatic carbocycles. The summed E-state index contributed by atoms with van der Waals surface area (Å²) in [6.07, 6.45) is 0.784. The predicted octanol–water partition coefficient (Wildman–Crippen LogP) is 7.32. The molecule has 40 heavy (non-hydrogen) atoms. The van der Waals surface area contributed by atoms with Crippen molar-refractivity contribution in [1.29, 1.82) is 0 Å². The molecule has 0 radical (unpaired) electrons. The van der Waals surface area contributed by atoms with Crippen LogP contribution in [0.5, 0.6) is 34.5 Å². The number of hydrogen-bond acceptors (Lipinski definition) is 7. The Kier molecular flexibility index (Phi) is 6.14. The zero-order chi connectivity index (χ0) is 28.1. The number of hydrogen-bond donors (Lipinski definition) is 0. The molecule has 6 aromatic rings. The van der Waals surface area contributed by atoms with E-state index in [9.17, 15) is 4.79 Å². The Labute approximate surface area is 230 Å². The topological polar surface area (TPSA) is 72.5 Å². The van der Waals surface area contributed by atoms with Crippen LogP contribution in [0.25, 0.3) is 53.9 Å². The molecule has 7 heteroatoms. The van der Waals surface area contributed by atoms with Crippen molar-refractivity contribution in [3.05, 3.63) is 60.2 Å². The molecule has 0 aromatic heterocycles. The second kappa shape index (κ2) is 9.68. The average Bonchev–Trinajstić information content (AvgIpc) is 3.01. The summed E-state index contributed by atoms with van der Waals surface area (Å²) < 4.78 is 35.2. The maximum Gasteiger partial charge on any atom is 0.153 e. The Morgan fingerprint density at radius 1 is 0.450 bits per heavy atom. The van der Waals surface area contributed by atoms with Gasteiger partial charge in [-0.2, -0.15) is 0 Å². The van der Waals surface area contributed by atoms with Crippen molar-refractivity contribution in [3.63, 3.8) is 0 Å². The van der Waals surface area contributed by atoms with E-state index in [1.54, 1.807) is 48.7 Å². The lowest BCUT2D eigenvalue weighted by atomic mass is 9.88. The number of fused-ring (bicyclic) bond motifs is 9. The molecule has 0 amide bonds. The Bertz CT molecular complexity index is 1980. The van der Waals surface area contributed by atoms with E-state index in [1.807, 2.05) is 30.3 Å². The summed E-state index contributed by atoms with van der Waals surface area (Å²) in [5, 5.41) is 8.67. The quantitative estimate of drug-likeness (QED) is 0.156. The van der Waals surface area contributed by atoms with Gasteiger partial charge in [0.25, 0.3) is 0 Å². The van der Waals surface area contributed by atoms with Gasteiger partial charge in [-0.1, -0.05) is 12.1 Å². The molecule has 202 valence electrons. The zero-order valence-corrected chi connectivity index (χ0v) is 23.1. The van der Waals surface area contributed by atoms with Crippen molar-refractivity contribution in [3.8, 4) is 34.5 Å². The molecule has 0 aliphatic carbocycles. The molecule has 0 fully saturated rings. The Morgan fingerprint density at radius 2 is 0.950 bits per heavy atom. The smallest absolute Gasteiger partial charge is 0.153 e. The van der Waals surface area contributed by atoms with E-state index in [-0.39, 0.29) is 0 Å². The van der Waals surface area contributed by atoms with Gasteiger partial charge in [0.05, 0.1) is 48.2 Å². The second-order valence-electron chi connectivity index (χ2n) is 9.37. The van der Waals surface area contributed by atoms with Gasteiger partial charge in [-0.3, -0.25) is 4.79 Å². The highest BCUT2D eigenvalue weighted by Gasteiger charge is 2.23. The third kappa shape index (κ3) is 3.40. The lowest BCUT2D eigenvalue weighted by molar-refractivity contribution is 0.112. The number of carbonyl (C=O) groups is 1.